The van der Waals surface area contributed by atoms with E-state index in [-0.39, 0.29) is 0 Å². The molecule has 0 amide bonds. The van der Waals surface area contributed by atoms with Gasteiger partial charge in [-0.05, 0) is 106 Å². The molecule has 6 heterocycles. The zero-order chi connectivity index (χ0) is 26.6. The van der Waals surface area contributed by atoms with Crippen LogP contribution in [0, 0.1) is 0 Å². The van der Waals surface area contributed by atoms with Crippen molar-refractivity contribution in [3.8, 4) is 22.6 Å². The fourth-order valence-electron chi connectivity index (χ4n) is 5.41. The Morgan fingerprint density at radius 1 is 1.08 bits per heavy atom. The zero-order valence-corrected chi connectivity index (χ0v) is 22.3. The minimum atomic E-state index is 0.786. The van der Waals surface area contributed by atoms with Crippen molar-refractivity contribution in [3.05, 3.63) is 91.1 Å². The van der Waals surface area contributed by atoms with Crippen LogP contribution in [0.1, 0.15) is 38.3 Å². The lowest BCUT2D eigenvalue weighted by atomic mass is 10.0. The topological polar surface area (TPSA) is 86.4 Å². The third-order valence-electron chi connectivity index (χ3n) is 7.49. The van der Waals surface area contributed by atoms with E-state index in [0.29, 0.717) is 0 Å². The molecule has 7 heteroatoms. The maximum Gasteiger partial charge on any atom is 0.135 e. The number of rotatable bonds is 9. The Morgan fingerprint density at radius 2 is 1.97 bits per heavy atom. The van der Waals surface area contributed by atoms with Gasteiger partial charge < -0.3 is 9.88 Å². The van der Waals surface area contributed by atoms with Crippen LogP contribution in [-0.4, -0.2) is 54.7 Å². The molecule has 0 aliphatic carbocycles. The predicted octanol–water partition coefficient (Wildman–Crippen LogP) is 6.95. The second kappa shape index (κ2) is 11.2. The van der Waals surface area contributed by atoms with E-state index in [9.17, 15) is 0 Å². The van der Waals surface area contributed by atoms with E-state index in [1.165, 1.54) is 31.5 Å². The molecule has 7 nitrogen and oxygen atoms in total. The largest absolute Gasteiger partial charge is 0.353 e. The van der Waals surface area contributed by atoms with Crippen LogP contribution in [0.5, 0.6) is 0 Å². The summed E-state index contributed by atoms with van der Waals surface area (Å²) in [5, 5.41) is 8.81. The Morgan fingerprint density at radius 3 is 2.77 bits per heavy atom. The van der Waals surface area contributed by atoms with Crippen LogP contribution in [-0.2, 0) is 0 Å². The molecule has 196 valence electrons. The van der Waals surface area contributed by atoms with Crippen LogP contribution in [0.4, 0.5) is 0 Å². The summed E-state index contributed by atoms with van der Waals surface area (Å²) in [6.45, 7) is 9.77. The summed E-state index contributed by atoms with van der Waals surface area (Å²) in [5.74, 6) is 0. The Hall–Kier alpha value is -4.36. The minimum absolute atomic E-state index is 0.786. The van der Waals surface area contributed by atoms with Crippen molar-refractivity contribution in [2.24, 2.45) is 0 Å². The molecular weight excluding hydrogens is 482 g/mol. The molecular formula is C32H33N7. The standard InChI is InChI=1S/C32H33N7/c1-3-22(9-8-18-39-16-5-6-17-39)19-23(4-2)26-11-12-28-31(36-26)32(38-37-28)29-20-25-27(35-29)13-15-34-30(25)24-10-7-14-33-21-24/h3-4,7,10-15,19-21,35H,1,5-6,8-9,16-18H2,2H3,(H,37,38)/b22-19+,23-4+. The maximum atomic E-state index is 5.07. The van der Waals surface area contributed by atoms with Gasteiger partial charge in [0.2, 0.25) is 0 Å². The molecule has 0 bridgehead atoms. The number of aromatic nitrogens is 6. The number of nitrogens with zero attached hydrogens (tertiary/aromatic N) is 5. The number of allylic oxidation sites excluding steroid dienone is 5. The molecule has 2 N–H and O–H groups in total. The number of hydrogen-bond donors (Lipinski definition) is 2. The van der Waals surface area contributed by atoms with Gasteiger partial charge in [0, 0.05) is 35.1 Å². The fourth-order valence-corrected chi connectivity index (χ4v) is 5.41. The number of hydrogen-bond acceptors (Lipinski definition) is 5. The van der Waals surface area contributed by atoms with Crippen LogP contribution in [0.15, 0.2) is 85.4 Å². The highest BCUT2D eigenvalue weighted by molar-refractivity contribution is 5.99. The summed E-state index contributed by atoms with van der Waals surface area (Å²) in [7, 11) is 0. The van der Waals surface area contributed by atoms with Gasteiger partial charge in [-0.25, -0.2) is 4.98 Å². The summed E-state index contributed by atoms with van der Waals surface area (Å²) >= 11 is 0. The van der Waals surface area contributed by atoms with Crippen molar-refractivity contribution >= 4 is 27.5 Å². The lowest BCUT2D eigenvalue weighted by Gasteiger charge is -2.14. The van der Waals surface area contributed by atoms with Crippen LogP contribution >= 0.6 is 0 Å². The molecule has 1 aliphatic heterocycles. The van der Waals surface area contributed by atoms with Gasteiger partial charge in [0.1, 0.15) is 11.2 Å². The Kier molecular flexibility index (Phi) is 7.15. The summed E-state index contributed by atoms with van der Waals surface area (Å²) < 4.78 is 0. The molecule has 0 saturated carbocycles. The minimum Gasteiger partial charge on any atom is -0.353 e. The lowest BCUT2D eigenvalue weighted by molar-refractivity contribution is 0.334. The smallest absolute Gasteiger partial charge is 0.135 e. The molecule has 0 aromatic carbocycles. The first-order chi connectivity index (χ1) is 19.2. The number of likely N-dealkylation sites (tertiary alicyclic amines) is 1. The first-order valence-electron chi connectivity index (χ1n) is 13.7. The normalized spacial score (nSPS) is 15.0. The van der Waals surface area contributed by atoms with Gasteiger partial charge in [-0.15, -0.1) is 0 Å². The molecule has 0 radical (unpaired) electrons. The van der Waals surface area contributed by atoms with Gasteiger partial charge in [-0.1, -0.05) is 18.7 Å². The number of fused-ring (bicyclic) bond motifs is 2. The molecule has 0 spiro atoms. The van der Waals surface area contributed by atoms with E-state index in [2.05, 4.69) is 73.9 Å². The highest BCUT2D eigenvalue weighted by atomic mass is 15.1. The highest BCUT2D eigenvalue weighted by Crippen LogP contribution is 2.32. The van der Waals surface area contributed by atoms with Crippen LogP contribution < -0.4 is 0 Å². The molecule has 0 atom stereocenters. The van der Waals surface area contributed by atoms with Gasteiger partial charge in [-0.2, -0.15) is 5.10 Å². The monoisotopic (exact) mass is 515 g/mol. The number of H-pyrrole nitrogens is 2. The van der Waals surface area contributed by atoms with Crippen LogP contribution in [0.25, 0.3) is 50.2 Å². The summed E-state index contributed by atoms with van der Waals surface area (Å²) in [5.41, 5.74) is 9.50. The van der Waals surface area contributed by atoms with Gasteiger partial charge >= 0.3 is 0 Å². The Bertz CT molecular complexity index is 1670. The van der Waals surface area contributed by atoms with Crippen molar-refractivity contribution < 1.29 is 0 Å². The van der Waals surface area contributed by atoms with Gasteiger partial charge in [-0.3, -0.25) is 15.1 Å². The second-order valence-corrected chi connectivity index (χ2v) is 10.0. The van der Waals surface area contributed by atoms with E-state index in [4.69, 9.17) is 4.98 Å². The van der Waals surface area contributed by atoms with Gasteiger partial charge in [0.25, 0.3) is 0 Å². The highest BCUT2D eigenvalue weighted by Gasteiger charge is 2.16. The van der Waals surface area contributed by atoms with E-state index in [1.54, 1.807) is 6.20 Å². The molecule has 5 aromatic heterocycles. The molecule has 6 rings (SSSR count). The van der Waals surface area contributed by atoms with Crippen molar-refractivity contribution in [1.29, 1.82) is 0 Å². The van der Waals surface area contributed by atoms with Crippen molar-refractivity contribution in [2.45, 2.75) is 32.6 Å². The number of nitrogens with one attached hydrogen (secondary N) is 2. The van der Waals surface area contributed by atoms with E-state index < -0.39 is 0 Å². The molecule has 39 heavy (non-hydrogen) atoms. The summed E-state index contributed by atoms with van der Waals surface area (Å²) in [4.78, 5) is 20.1. The van der Waals surface area contributed by atoms with E-state index in [0.717, 1.165) is 75.2 Å². The predicted molar refractivity (Wildman–Crippen MR) is 159 cm³/mol. The molecule has 5 aromatic rings. The van der Waals surface area contributed by atoms with Crippen LogP contribution in [0.3, 0.4) is 0 Å². The van der Waals surface area contributed by atoms with Crippen molar-refractivity contribution in [1.82, 2.24) is 35.0 Å². The maximum absolute atomic E-state index is 5.07. The summed E-state index contributed by atoms with van der Waals surface area (Å²) in [6.07, 6.45) is 16.6. The SMILES string of the molecule is C=C/C(=C\C(=C/C)c1ccc2[nH]nc(-c3cc4c(-c5cccnc5)nccc4[nH]3)c2n1)CCCN1CCCC1. The number of aromatic amines is 2. The second-order valence-electron chi connectivity index (χ2n) is 10.0. The molecule has 1 saturated heterocycles. The third-order valence-corrected chi connectivity index (χ3v) is 7.49. The first-order valence-corrected chi connectivity index (χ1v) is 13.7. The van der Waals surface area contributed by atoms with Crippen LogP contribution in [0.2, 0.25) is 0 Å². The van der Waals surface area contributed by atoms with Gasteiger partial charge in [0.05, 0.1) is 22.6 Å². The number of pyridine rings is 3. The molecule has 0 unspecified atom stereocenters. The first kappa shape index (κ1) is 24.9. The molecule has 1 aliphatic rings. The summed E-state index contributed by atoms with van der Waals surface area (Å²) in [6, 6.07) is 12.1. The quantitative estimate of drug-likeness (QED) is 0.207. The Labute approximate surface area is 228 Å². The lowest BCUT2D eigenvalue weighted by Crippen LogP contribution is -2.20. The Balaban J connectivity index is 1.30. The zero-order valence-electron chi connectivity index (χ0n) is 22.3. The average Bonchev–Trinajstić information content (AvgIpc) is 3.74. The van der Waals surface area contributed by atoms with E-state index in [1.807, 2.05) is 36.7 Å². The third kappa shape index (κ3) is 5.18. The van der Waals surface area contributed by atoms with Crippen molar-refractivity contribution in [3.63, 3.8) is 0 Å². The average molecular weight is 516 g/mol. The van der Waals surface area contributed by atoms with Crippen molar-refractivity contribution in [2.75, 3.05) is 19.6 Å². The van der Waals surface area contributed by atoms with Gasteiger partial charge in [0.15, 0.2) is 0 Å². The fraction of sp³-hybridized carbons (Fsp3) is 0.250. The van der Waals surface area contributed by atoms with E-state index >= 15 is 0 Å². The molecule has 1 fully saturated rings.